The van der Waals surface area contributed by atoms with Crippen LogP contribution >= 0.6 is 0 Å². The van der Waals surface area contributed by atoms with Crippen molar-refractivity contribution in [2.24, 2.45) is 10.8 Å². The number of rotatable bonds is 2. The van der Waals surface area contributed by atoms with Crippen molar-refractivity contribution < 1.29 is 19.5 Å². The lowest BCUT2D eigenvalue weighted by Gasteiger charge is -2.67. The van der Waals surface area contributed by atoms with E-state index in [2.05, 4.69) is 5.43 Å². The highest BCUT2D eigenvalue weighted by atomic mass is 16.4. The van der Waals surface area contributed by atoms with Gasteiger partial charge in [-0.15, -0.1) is 0 Å². The van der Waals surface area contributed by atoms with E-state index in [1.165, 1.54) is 5.01 Å². The first-order chi connectivity index (χ1) is 9.96. The Kier molecular flexibility index (Phi) is 2.14. The monoisotopic (exact) mass is 286 g/mol. The minimum absolute atomic E-state index is 0.159. The molecule has 1 heterocycles. The van der Waals surface area contributed by atoms with E-state index in [1.807, 2.05) is 12.1 Å². The fraction of sp³-hybridized carbons (Fsp3) is 0.400. The predicted molar refractivity (Wildman–Crippen MR) is 70.8 cm³/mol. The van der Waals surface area contributed by atoms with E-state index in [0.717, 1.165) is 5.56 Å². The second-order valence-corrected chi connectivity index (χ2v) is 6.39. The third kappa shape index (κ3) is 1.44. The van der Waals surface area contributed by atoms with Crippen molar-refractivity contribution in [2.45, 2.75) is 25.8 Å². The first-order valence-electron chi connectivity index (χ1n) is 6.90. The average Bonchev–Trinajstić information content (AvgIpc) is 2.35. The average molecular weight is 286 g/mol. The van der Waals surface area contributed by atoms with Gasteiger partial charge in [-0.3, -0.25) is 19.8 Å². The number of carboxylic acids is 1. The van der Waals surface area contributed by atoms with Crippen molar-refractivity contribution >= 4 is 17.8 Å². The molecule has 3 saturated carbocycles. The van der Waals surface area contributed by atoms with Gasteiger partial charge in [0.25, 0.3) is 5.91 Å². The van der Waals surface area contributed by atoms with Crippen LogP contribution in [0.15, 0.2) is 24.3 Å². The molecule has 2 amide bonds. The van der Waals surface area contributed by atoms with E-state index in [9.17, 15) is 14.4 Å². The van der Waals surface area contributed by atoms with Crippen molar-refractivity contribution in [1.29, 1.82) is 0 Å². The molecule has 0 saturated heterocycles. The van der Waals surface area contributed by atoms with E-state index in [4.69, 9.17) is 5.11 Å². The molecule has 5 rings (SSSR count). The van der Waals surface area contributed by atoms with Gasteiger partial charge in [-0.1, -0.05) is 18.2 Å². The van der Waals surface area contributed by atoms with Crippen LogP contribution < -0.4 is 5.43 Å². The highest BCUT2D eigenvalue weighted by Gasteiger charge is 2.76. The largest absolute Gasteiger partial charge is 0.481 e. The molecule has 2 N–H and O–H groups in total. The molecule has 0 radical (unpaired) electrons. The topological polar surface area (TPSA) is 86.7 Å². The molecular formula is C15H14N2O4. The van der Waals surface area contributed by atoms with Crippen molar-refractivity contribution in [3.63, 3.8) is 0 Å². The quantitative estimate of drug-likeness (QED) is 0.846. The number of carbonyl (C=O) groups excluding carboxylic acids is 2. The molecule has 1 aliphatic heterocycles. The summed E-state index contributed by atoms with van der Waals surface area (Å²) in [7, 11) is 0. The number of amides is 2. The maximum atomic E-state index is 12.6. The van der Waals surface area contributed by atoms with Gasteiger partial charge in [0, 0.05) is 5.56 Å². The van der Waals surface area contributed by atoms with Crippen LogP contribution in [0.1, 0.15) is 35.2 Å². The number of hydrogen-bond acceptors (Lipinski definition) is 3. The van der Waals surface area contributed by atoms with Gasteiger partial charge in [0.2, 0.25) is 5.91 Å². The minimum atomic E-state index is -0.815. The Balaban J connectivity index is 1.54. The van der Waals surface area contributed by atoms with Crippen molar-refractivity contribution in [2.75, 3.05) is 0 Å². The molecule has 6 nitrogen and oxygen atoms in total. The zero-order valence-electron chi connectivity index (χ0n) is 11.3. The summed E-state index contributed by atoms with van der Waals surface area (Å²) in [6.07, 6.45) is 1.17. The van der Waals surface area contributed by atoms with Crippen LogP contribution in [0.3, 0.4) is 0 Å². The lowest BCUT2D eigenvalue weighted by Crippen LogP contribution is -2.72. The van der Waals surface area contributed by atoms with Crippen LogP contribution in [0.2, 0.25) is 0 Å². The van der Waals surface area contributed by atoms with Gasteiger partial charge >= 0.3 is 5.97 Å². The van der Waals surface area contributed by atoms with Crippen LogP contribution in [-0.4, -0.2) is 27.9 Å². The zero-order chi connectivity index (χ0) is 14.8. The molecule has 3 fully saturated rings. The molecule has 1 aromatic carbocycles. The Hall–Kier alpha value is -2.37. The van der Waals surface area contributed by atoms with Gasteiger partial charge < -0.3 is 5.11 Å². The predicted octanol–water partition coefficient (Wildman–Crippen LogP) is 0.928. The lowest BCUT2D eigenvalue weighted by molar-refractivity contribution is -0.227. The molecule has 0 unspecified atom stereocenters. The first kappa shape index (κ1) is 12.4. The standard InChI is InChI=1S/C15H14N2O4/c18-11-10-4-2-1-3-9(10)5-17(16-11)12(19)14-6-15(7-14,8-14)13(20)21/h1-4H,5-8H2,(H,16,18)(H,20,21). The first-order valence-corrected chi connectivity index (χ1v) is 6.90. The van der Waals surface area contributed by atoms with E-state index in [0.29, 0.717) is 31.4 Å². The van der Waals surface area contributed by atoms with E-state index < -0.39 is 16.8 Å². The Morgan fingerprint density at radius 2 is 1.81 bits per heavy atom. The second-order valence-electron chi connectivity index (χ2n) is 6.39. The van der Waals surface area contributed by atoms with Crippen LogP contribution in [0.4, 0.5) is 0 Å². The summed E-state index contributed by atoms with van der Waals surface area (Å²) < 4.78 is 0. The van der Waals surface area contributed by atoms with Crippen LogP contribution in [-0.2, 0) is 16.1 Å². The normalized spacial score (nSPS) is 32.4. The SMILES string of the molecule is O=C1NN(C(=O)C23CC(C(=O)O)(C2)C3)Cc2ccccc21. The molecule has 0 aromatic heterocycles. The number of aliphatic carboxylic acids is 1. The fourth-order valence-electron chi connectivity index (χ4n) is 3.92. The number of nitrogens with one attached hydrogen (secondary N) is 1. The Labute approximate surface area is 120 Å². The molecule has 0 atom stereocenters. The summed E-state index contributed by atoms with van der Waals surface area (Å²) in [6, 6.07) is 7.18. The number of hydrogen-bond donors (Lipinski definition) is 2. The molecule has 4 aliphatic rings. The smallest absolute Gasteiger partial charge is 0.309 e. The molecule has 0 spiro atoms. The summed E-state index contributed by atoms with van der Waals surface area (Å²) >= 11 is 0. The number of hydrazine groups is 1. The minimum Gasteiger partial charge on any atom is -0.481 e. The maximum absolute atomic E-state index is 12.6. The van der Waals surface area contributed by atoms with Crippen LogP contribution in [0.5, 0.6) is 0 Å². The molecule has 108 valence electrons. The Morgan fingerprint density at radius 1 is 1.14 bits per heavy atom. The molecular weight excluding hydrogens is 272 g/mol. The highest BCUT2D eigenvalue weighted by Crippen LogP contribution is 2.73. The molecule has 21 heavy (non-hydrogen) atoms. The van der Waals surface area contributed by atoms with E-state index in [-0.39, 0.29) is 11.8 Å². The zero-order valence-corrected chi connectivity index (χ0v) is 11.3. The third-order valence-corrected chi connectivity index (χ3v) is 5.01. The third-order valence-electron chi connectivity index (χ3n) is 5.01. The molecule has 1 aromatic rings. The molecule has 2 bridgehead atoms. The van der Waals surface area contributed by atoms with Gasteiger partial charge in [-0.05, 0) is 30.9 Å². The number of fused-ring (bicyclic) bond motifs is 1. The summed E-state index contributed by atoms with van der Waals surface area (Å²) in [5.41, 5.74) is 2.75. The van der Waals surface area contributed by atoms with Crippen molar-refractivity contribution in [3.05, 3.63) is 35.4 Å². The lowest BCUT2D eigenvalue weighted by atomic mass is 9.35. The Morgan fingerprint density at radius 3 is 2.48 bits per heavy atom. The van der Waals surface area contributed by atoms with Gasteiger partial charge in [-0.25, -0.2) is 5.01 Å². The highest BCUT2D eigenvalue weighted by molar-refractivity contribution is 6.00. The summed E-state index contributed by atoms with van der Waals surface area (Å²) in [5, 5.41) is 10.5. The van der Waals surface area contributed by atoms with E-state index >= 15 is 0 Å². The van der Waals surface area contributed by atoms with Gasteiger partial charge in [-0.2, -0.15) is 0 Å². The van der Waals surface area contributed by atoms with E-state index in [1.54, 1.807) is 12.1 Å². The second kappa shape index (κ2) is 3.63. The summed E-state index contributed by atoms with van der Waals surface area (Å²) in [4.78, 5) is 35.7. The number of carbonyl (C=O) groups is 3. The van der Waals surface area contributed by atoms with Gasteiger partial charge in [0.1, 0.15) is 0 Å². The van der Waals surface area contributed by atoms with Crippen LogP contribution in [0, 0.1) is 10.8 Å². The number of carboxylic acid groups (broad SMARTS) is 1. The van der Waals surface area contributed by atoms with Crippen molar-refractivity contribution in [1.82, 2.24) is 10.4 Å². The molecule has 3 aliphatic carbocycles. The van der Waals surface area contributed by atoms with Crippen LogP contribution in [0.25, 0.3) is 0 Å². The van der Waals surface area contributed by atoms with Gasteiger partial charge in [0.15, 0.2) is 0 Å². The Bertz CT molecular complexity index is 677. The summed E-state index contributed by atoms with van der Waals surface area (Å²) in [6.45, 7) is 0.336. The maximum Gasteiger partial charge on any atom is 0.309 e. The number of benzene rings is 1. The number of nitrogens with zero attached hydrogens (tertiary/aromatic N) is 1. The van der Waals surface area contributed by atoms with Crippen molar-refractivity contribution in [3.8, 4) is 0 Å². The molecule has 6 heteroatoms. The fourth-order valence-corrected chi connectivity index (χ4v) is 3.92. The van der Waals surface area contributed by atoms with Gasteiger partial charge in [0.05, 0.1) is 17.4 Å². The summed E-state index contributed by atoms with van der Waals surface area (Å²) in [5.74, 6) is -1.26.